The van der Waals surface area contributed by atoms with Crippen molar-refractivity contribution in [1.29, 1.82) is 0 Å². The summed E-state index contributed by atoms with van der Waals surface area (Å²) in [6, 6.07) is 15.0. The maximum Gasteiger partial charge on any atom is 0.240 e. The van der Waals surface area contributed by atoms with E-state index in [1.165, 1.54) is 0 Å². The number of hydrogen-bond acceptors (Lipinski definition) is 6. The molecule has 188 valence electrons. The van der Waals surface area contributed by atoms with Crippen LogP contribution in [0.2, 0.25) is 0 Å². The lowest BCUT2D eigenvalue weighted by Gasteiger charge is -2.05. The van der Waals surface area contributed by atoms with Gasteiger partial charge < -0.3 is 9.47 Å². The summed E-state index contributed by atoms with van der Waals surface area (Å²) in [5.74, 6) is 1.12. The van der Waals surface area contributed by atoms with Gasteiger partial charge in [-0.2, -0.15) is 10.2 Å². The Morgan fingerprint density at radius 2 is 1.09 bits per heavy atom. The third kappa shape index (κ3) is 12.4. The van der Waals surface area contributed by atoms with Crippen molar-refractivity contribution in [3.8, 4) is 11.5 Å². The third-order valence-corrected chi connectivity index (χ3v) is 4.91. The molecule has 2 amide bonds. The van der Waals surface area contributed by atoms with Gasteiger partial charge in [0.05, 0.1) is 25.6 Å². The van der Waals surface area contributed by atoms with Crippen LogP contribution in [-0.2, 0) is 9.59 Å². The van der Waals surface area contributed by atoms with Crippen LogP contribution in [0.25, 0.3) is 0 Å². The van der Waals surface area contributed by atoms with Gasteiger partial charge in [0.1, 0.15) is 11.5 Å². The monoisotopic (exact) mass is 480 g/mol. The Kier molecular flexibility index (Phi) is 13.3. The minimum Gasteiger partial charge on any atom is -0.494 e. The zero-order valence-corrected chi connectivity index (χ0v) is 20.7. The molecule has 0 unspecified atom stereocenters. The first-order valence-corrected chi connectivity index (χ1v) is 12.2. The average Bonchev–Trinajstić information content (AvgIpc) is 2.86. The van der Waals surface area contributed by atoms with Gasteiger partial charge in [-0.25, -0.2) is 10.9 Å². The van der Waals surface area contributed by atoms with E-state index in [2.05, 4.69) is 34.9 Å². The largest absolute Gasteiger partial charge is 0.494 e. The standard InChI is InChI=1S/C27H36N4O4/c1-3-5-18-34-24-14-10-22(11-15-24)20-28-30-26(32)8-7-9-27(33)31-29-21-23-12-16-25(17-13-23)35-19-6-4-2/h10-17,20-21H,3-9,18-19H2,1-2H3,(H,30,32)(H,31,33). The molecule has 8 heteroatoms. The Hall–Kier alpha value is -3.68. The first-order valence-electron chi connectivity index (χ1n) is 12.2. The molecule has 2 N–H and O–H groups in total. The Bertz CT molecular complexity index is 863. The van der Waals surface area contributed by atoms with Crippen molar-refractivity contribution in [3.63, 3.8) is 0 Å². The van der Waals surface area contributed by atoms with Gasteiger partial charge in [0, 0.05) is 12.8 Å². The summed E-state index contributed by atoms with van der Waals surface area (Å²) in [6.07, 6.45) is 8.15. The lowest BCUT2D eigenvalue weighted by molar-refractivity contribution is -0.122. The van der Waals surface area contributed by atoms with E-state index < -0.39 is 0 Å². The molecule has 35 heavy (non-hydrogen) atoms. The maximum atomic E-state index is 11.9. The van der Waals surface area contributed by atoms with Crippen molar-refractivity contribution in [1.82, 2.24) is 10.9 Å². The van der Waals surface area contributed by atoms with Crippen molar-refractivity contribution < 1.29 is 19.1 Å². The summed E-state index contributed by atoms with van der Waals surface area (Å²) in [5.41, 5.74) is 6.65. The first-order chi connectivity index (χ1) is 17.1. The van der Waals surface area contributed by atoms with E-state index in [0.717, 1.165) is 48.3 Å². The summed E-state index contributed by atoms with van der Waals surface area (Å²) in [6.45, 7) is 5.64. The first kappa shape index (κ1) is 27.6. The van der Waals surface area contributed by atoms with E-state index >= 15 is 0 Å². The molecule has 0 saturated heterocycles. The summed E-state index contributed by atoms with van der Waals surface area (Å²) in [4.78, 5) is 23.8. The fourth-order valence-electron chi connectivity index (χ4n) is 2.85. The fourth-order valence-corrected chi connectivity index (χ4v) is 2.85. The van der Waals surface area contributed by atoms with Crippen LogP contribution in [0, 0.1) is 0 Å². The predicted octanol–water partition coefficient (Wildman–Crippen LogP) is 4.82. The highest BCUT2D eigenvalue weighted by Gasteiger charge is 2.04. The topological polar surface area (TPSA) is 101 Å². The van der Waals surface area contributed by atoms with E-state index in [0.29, 0.717) is 19.6 Å². The molecular formula is C27H36N4O4. The van der Waals surface area contributed by atoms with Crippen molar-refractivity contribution in [2.45, 2.75) is 58.8 Å². The second kappa shape index (κ2) is 16.9. The Morgan fingerprint density at radius 3 is 1.46 bits per heavy atom. The van der Waals surface area contributed by atoms with Crippen LogP contribution in [0.1, 0.15) is 69.9 Å². The van der Waals surface area contributed by atoms with Gasteiger partial charge in [-0.3, -0.25) is 9.59 Å². The molecule has 0 aliphatic rings. The van der Waals surface area contributed by atoms with Gasteiger partial charge in [0.2, 0.25) is 11.8 Å². The Labute approximate surface area is 207 Å². The number of rotatable bonds is 16. The molecule has 0 atom stereocenters. The second-order valence-electron chi connectivity index (χ2n) is 7.98. The zero-order chi connectivity index (χ0) is 25.1. The minimum absolute atomic E-state index is 0.193. The molecule has 2 rings (SSSR count). The number of carbonyl (C=O) groups excluding carboxylic acids is 2. The molecule has 0 aliphatic carbocycles. The molecule has 0 aliphatic heterocycles. The van der Waals surface area contributed by atoms with E-state index in [9.17, 15) is 9.59 Å². The minimum atomic E-state index is -0.252. The second-order valence-corrected chi connectivity index (χ2v) is 7.98. The number of ether oxygens (including phenoxy) is 2. The number of carbonyl (C=O) groups is 2. The van der Waals surface area contributed by atoms with Crippen molar-refractivity contribution in [2.75, 3.05) is 13.2 Å². The number of amides is 2. The molecule has 0 aromatic heterocycles. The molecule has 0 heterocycles. The van der Waals surface area contributed by atoms with E-state index in [4.69, 9.17) is 9.47 Å². The quantitative estimate of drug-likeness (QED) is 0.204. The van der Waals surface area contributed by atoms with E-state index in [-0.39, 0.29) is 24.7 Å². The molecule has 8 nitrogen and oxygen atoms in total. The molecule has 2 aromatic carbocycles. The summed E-state index contributed by atoms with van der Waals surface area (Å²) < 4.78 is 11.2. The molecular weight excluding hydrogens is 444 g/mol. The predicted molar refractivity (Wildman–Crippen MR) is 139 cm³/mol. The summed E-state index contributed by atoms with van der Waals surface area (Å²) in [7, 11) is 0. The number of benzene rings is 2. The zero-order valence-electron chi connectivity index (χ0n) is 20.7. The van der Waals surface area contributed by atoms with Crippen LogP contribution >= 0.6 is 0 Å². The van der Waals surface area contributed by atoms with Gasteiger partial charge in [0.15, 0.2) is 0 Å². The lowest BCUT2D eigenvalue weighted by Crippen LogP contribution is -2.20. The van der Waals surface area contributed by atoms with Crippen LogP contribution in [0.15, 0.2) is 58.7 Å². The molecule has 0 fully saturated rings. The third-order valence-electron chi connectivity index (χ3n) is 4.91. The normalized spacial score (nSPS) is 11.0. The maximum absolute atomic E-state index is 11.9. The van der Waals surface area contributed by atoms with Gasteiger partial charge in [-0.15, -0.1) is 0 Å². The SMILES string of the molecule is CCCCOc1ccc(C=NNC(=O)CCCC(=O)NN=Cc2ccc(OCCCC)cc2)cc1. The number of unbranched alkanes of at least 4 members (excludes halogenated alkanes) is 2. The van der Waals surface area contributed by atoms with Crippen molar-refractivity contribution in [2.24, 2.45) is 10.2 Å². The van der Waals surface area contributed by atoms with Gasteiger partial charge in [-0.1, -0.05) is 26.7 Å². The highest BCUT2D eigenvalue weighted by molar-refractivity contribution is 5.84. The number of nitrogens with one attached hydrogen (secondary N) is 2. The van der Waals surface area contributed by atoms with Crippen molar-refractivity contribution in [3.05, 3.63) is 59.7 Å². The summed E-state index contributed by atoms with van der Waals surface area (Å²) in [5, 5.41) is 7.91. The van der Waals surface area contributed by atoms with Gasteiger partial charge >= 0.3 is 0 Å². The fraction of sp³-hybridized carbons (Fsp3) is 0.407. The van der Waals surface area contributed by atoms with E-state index in [1.807, 2.05) is 48.5 Å². The van der Waals surface area contributed by atoms with Crippen LogP contribution in [0.4, 0.5) is 0 Å². The molecule has 0 radical (unpaired) electrons. The average molecular weight is 481 g/mol. The summed E-state index contributed by atoms with van der Waals surface area (Å²) >= 11 is 0. The number of hydrogen-bond donors (Lipinski definition) is 2. The van der Waals surface area contributed by atoms with Gasteiger partial charge in [-0.05, 0) is 78.9 Å². The Balaban J connectivity index is 1.59. The smallest absolute Gasteiger partial charge is 0.240 e. The van der Waals surface area contributed by atoms with Crippen LogP contribution in [0.5, 0.6) is 11.5 Å². The molecule has 0 saturated carbocycles. The molecule has 0 bridgehead atoms. The van der Waals surface area contributed by atoms with Crippen LogP contribution < -0.4 is 20.3 Å². The van der Waals surface area contributed by atoms with Crippen LogP contribution in [-0.4, -0.2) is 37.5 Å². The van der Waals surface area contributed by atoms with Crippen LogP contribution in [0.3, 0.4) is 0 Å². The highest BCUT2D eigenvalue weighted by atomic mass is 16.5. The van der Waals surface area contributed by atoms with Crippen molar-refractivity contribution >= 4 is 24.2 Å². The highest BCUT2D eigenvalue weighted by Crippen LogP contribution is 2.12. The molecule has 0 spiro atoms. The van der Waals surface area contributed by atoms with Gasteiger partial charge in [0.25, 0.3) is 0 Å². The van der Waals surface area contributed by atoms with E-state index in [1.54, 1.807) is 12.4 Å². The molecule has 2 aromatic rings. The Morgan fingerprint density at radius 1 is 0.686 bits per heavy atom. The number of nitrogens with zero attached hydrogens (tertiary/aromatic N) is 2. The lowest BCUT2D eigenvalue weighted by atomic mass is 10.2. The number of hydrazone groups is 2.